The summed E-state index contributed by atoms with van der Waals surface area (Å²) in [5.74, 6) is 0.703. The van der Waals surface area contributed by atoms with Gasteiger partial charge in [0.2, 0.25) is 5.95 Å². The monoisotopic (exact) mass is 267 g/mol. The van der Waals surface area contributed by atoms with Gasteiger partial charge in [-0.2, -0.15) is 9.97 Å². The van der Waals surface area contributed by atoms with E-state index in [-0.39, 0.29) is 5.95 Å². The van der Waals surface area contributed by atoms with E-state index in [1.54, 1.807) is 19.2 Å². The molecule has 5 nitrogen and oxygen atoms in total. The maximum Gasteiger partial charge on any atom is 0.223 e. The van der Waals surface area contributed by atoms with Gasteiger partial charge < -0.3 is 16.4 Å². The summed E-state index contributed by atoms with van der Waals surface area (Å²) in [5, 5.41) is 6.05. The Balaban J connectivity index is 2.30. The molecule has 2 rings (SSSR count). The van der Waals surface area contributed by atoms with Gasteiger partial charge >= 0.3 is 0 Å². The zero-order chi connectivity index (χ0) is 13.1. The highest BCUT2D eigenvalue weighted by Gasteiger charge is 2.04. The van der Waals surface area contributed by atoms with E-state index >= 15 is 0 Å². The number of nitrogens with zero attached hydrogens (tertiary/aromatic N) is 2. The number of rotatable bonds is 3. The molecule has 0 aliphatic carbocycles. The van der Waals surface area contributed by atoms with E-state index in [0.29, 0.717) is 22.3 Å². The van der Waals surface area contributed by atoms with Gasteiger partial charge in [-0.15, -0.1) is 0 Å². The van der Waals surface area contributed by atoms with Gasteiger partial charge in [-0.1, -0.05) is 11.6 Å². The standard InChI is InChI=1S/C11H11ClFN5/c1-15-9-5-10(18-11(14)17-9)16-8-3-6(12)2-7(13)4-8/h2-5H,1H3,(H4,14,15,16,17,18). The third-order valence-corrected chi connectivity index (χ3v) is 2.35. The molecule has 2 aromatic rings. The van der Waals surface area contributed by atoms with Crippen molar-refractivity contribution < 1.29 is 4.39 Å². The van der Waals surface area contributed by atoms with Gasteiger partial charge in [0.25, 0.3) is 0 Å². The largest absolute Gasteiger partial charge is 0.373 e. The summed E-state index contributed by atoms with van der Waals surface area (Å²) in [6, 6.07) is 5.76. The van der Waals surface area contributed by atoms with Crippen molar-refractivity contribution in [2.24, 2.45) is 0 Å². The fraction of sp³-hybridized carbons (Fsp3) is 0.0909. The molecule has 0 spiro atoms. The van der Waals surface area contributed by atoms with Crippen molar-refractivity contribution in [2.45, 2.75) is 0 Å². The molecule has 0 saturated heterocycles. The Morgan fingerprint density at radius 2 is 1.89 bits per heavy atom. The lowest BCUT2D eigenvalue weighted by Gasteiger charge is -2.08. The molecule has 0 aliphatic heterocycles. The second-order valence-electron chi connectivity index (χ2n) is 3.53. The predicted molar refractivity (Wildman–Crippen MR) is 70.7 cm³/mol. The summed E-state index contributed by atoms with van der Waals surface area (Å²) in [5.41, 5.74) is 6.03. The average Bonchev–Trinajstić information content (AvgIpc) is 2.26. The maximum atomic E-state index is 13.2. The molecule has 0 bridgehead atoms. The van der Waals surface area contributed by atoms with Gasteiger partial charge in [0.15, 0.2) is 0 Å². The van der Waals surface area contributed by atoms with Crippen LogP contribution >= 0.6 is 11.6 Å². The van der Waals surface area contributed by atoms with Crippen LogP contribution in [0.1, 0.15) is 0 Å². The molecule has 1 aromatic heterocycles. The maximum absolute atomic E-state index is 13.2. The van der Waals surface area contributed by atoms with Crippen LogP contribution in [-0.4, -0.2) is 17.0 Å². The highest BCUT2D eigenvalue weighted by Crippen LogP contribution is 2.22. The number of halogens is 2. The molecule has 0 amide bonds. The number of anilines is 4. The Hall–Kier alpha value is -2.08. The number of aromatic nitrogens is 2. The van der Waals surface area contributed by atoms with E-state index < -0.39 is 5.82 Å². The van der Waals surface area contributed by atoms with Gasteiger partial charge in [-0.25, -0.2) is 4.39 Å². The van der Waals surface area contributed by atoms with Crippen LogP contribution in [0.5, 0.6) is 0 Å². The van der Waals surface area contributed by atoms with E-state index in [2.05, 4.69) is 20.6 Å². The van der Waals surface area contributed by atoms with Gasteiger partial charge in [-0.05, 0) is 18.2 Å². The lowest BCUT2D eigenvalue weighted by Crippen LogP contribution is -2.03. The summed E-state index contributed by atoms with van der Waals surface area (Å²) in [6.07, 6.45) is 0. The number of nitrogens with one attached hydrogen (secondary N) is 2. The second kappa shape index (κ2) is 5.05. The molecule has 0 radical (unpaired) electrons. The van der Waals surface area contributed by atoms with Crippen molar-refractivity contribution in [1.82, 2.24) is 9.97 Å². The van der Waals surface area contributed by atoms with Gasteiger partial charge in [-0.3, -0.25) is 0 Å². The molecule has 1 heterocycles. The molecule has 0 aliphatic rings. The molecule has 94 valence electrons. The van der Waals surface area contributed by atoms with E-state index in [4.69, 9.17) is 17.3 Å². The van der Waals surface area contributed by atoms with Crippen molar-refractivity contribution in [3.8, 4) is 0 Å². The van der Waals surface area contributed by atoms with Crippen LogP contribution in [0.15, 0.2) is 24.3 Å². The zero-order valence-corrected chi connectivity index (χ0v) is 10.3. The number of nitrogens with two attached hydrogens (primary N) is 1. The minimum absolute atomic E-state index is 0.117. The van der Waals surface area contributed by atoms with E-state index in [1.165, 1.54) is 12.1 Å². The Bertz CT molecular complexity index is 555. The first-order valence-electron chi connectivity index (χ1n) is 5.12. The van der Waals surface area contributed by atoms with Crippen molar-refractivity contribution in [1.29, 1.82) is 0 Å². The van der Waals surface area contributed by atoms with E-state index in [0.717, 1.165) is 0 Å². The predicted octanol–water partition coefficient (Wildman–Crippen LogP) is 2.64. The third-order valence-electron chi connectivity index (χ3n) is 2.13. The van der Waals surface area contributed by atoms with Crippen LogP contribution in [0.3, 0.4) is 0 Å². The Kier molecular flexibility index (Phi) is 3.47. The fourth-order valence-corrected chi connectivity index (χ4v) is 1.65. The summed E-state index contributed by atoms with van der Waals surface area (Å²) >= 11 is 5.76. The fourth-order valence-electron chi connectivity index (χ4n) is 1.43. The van der Waals surface area contributed by atoms with Crippen LogP contribution < -0.4 is 16.4 Å². The third kappa shape index (κ3) is 2.98. The van der Waals surface area contributed by atoms with E-state index in [1.807, 2.05) is 0 Å². The van der Waals surface area contributed by atoms with Crippen LogP contribution in [0.4, 0.5) is 27.7 Å². The van der Waals surface area contributed by atoms with Gasteiger partial charge in [0.05, 0.1) is 0 Å². The summed E-state index contributed by atoms with van der Waals surface area (Å²) < 4.78 is 13.2. The van der Waals surface area contributed by atoms with Crippen LogP contribution in [0.2, 0.25) is 5.02 Å². The normalized spacial score (nSPS) is 10.2. The Morgan fingerprint density at radius 3 is 2.56 bits per heavy atom. The molecular formula is C11H11ClFN5. The van der Waals surface area contributed by atoms with Crippen molar-refractivity contribution in [3.63, 3.8) is 0 Å². The minimum atomic E-state index is -0.430. The van der Waals surface area contributed by atoms with Crippen LogP contribution in [-0.2, 0) is 0 Å². The molecule has 0 atom stereocenters. The van der Waals surface area contributed by atoms with Gasteiger partial charge in [0, 0.05) is 23.8 Å². The molecule has 0 unspecified atom stereocenters. The van der Waals surface area contributed by atoms with Crippen LogP contribution in [0, 0.1) is 5.82 Å². The highest BCUT2D eigenvalue weighted by atomic mass is 35.5. The second-order valence-corrected chi connectivity index (χ2v) is 3.97. The molecular weight excluding hydrogens is 257 g/mol. The van der Waals surface area contributed by atoms with E-state index in [9.17, 15) is 4.39 Å². The quantitative estimate of drug-likeness (QED) is 0.797. The summed E-state index contributed by atoms with van der Waals surface area (Å²) in [6.45, 7) is 0. The first kappa shape index (κ1) is 12.4. The first-order chi connectivity index (χ1) is 8.56. The zero-order valence-electron chi connectivity index (χ0n) is 9.54. The molecule has 1 aromatic carbocycles. The average molecular weight is 268 g/mol. The summed E-state index contributed by atoms with van der Waals surface area (Å²) in [4.78, 5) is 7.93. The first-order valence-corrected chi connectivity index (χ1v) is 5.50. The lowest BCUT2D eigenvalue weighted by atomic mass is 10.3. The number of hydrogen-bond acceptors (Lipinski definition) is 5. The number of hydrogen-bond donors (Lipinski definition) is 3. The molecule has 18 heavy (non-hydrogen) atoms. The van der Waals surface area contributed by atoms with Crippen molar-refractivity contribution in [3.05, 3.63) is 35.1 Å². The Morgan fingerprint density at radius 1 is 1.17 bits per heavy atom. The number of nitrogen functional groups attached to an aromatic ring is 1. The molecule has 0 fully saturated rings. The number of benzene rings is 1. The smallest absolute Gasteiger partial charge is 0.223 e. The molecule has 4 N–H and O–H groups in total. The van der Waals surface area contributed by atoms with Crippen molar-refractivity contribution >= 4 is 34.9 Å². The SMILES string of the molecule is CNc1cc(Nc2cc(F)cc(Cl)c2)nc(N)n1. The highest BCUT2D eigenvalue weighted by molar-refractivity contribution is 6.30. The van der Waals surface area contributed by atoms with Crippen LogP contribution in [0.25, 0.3) is 0 Å². The topological polar surface area (TPSA) is 75.9 Å². The lowest BCUT2D eigenvalue weighted by molar-refractivity contribution is 0.628. The van der Waals surface area contributed by atoms with Gasteiger partial charge in [0.1, 0.15) is 17.5 Å². The van der Waals surface area contributed by atoms with Crippen molar-refractivity contribution in [2.75, 3.05) is 23.4 Å². The minimum Gasteiger partial charge on any atom is -0.373 e. The molecule has 0 saturated carbocycles. The Labute approximate surface area is 108 Å². The summed E-state index contributed by atoms with van der Waals surface area (Å²) in [7, 11) is 1.71. The molecule has 7 heteroatoms.